The van der Waals surface area contributed by atoms with Gasteiger partial charge in [-0.15, -0.1) is 0 Å². The first kappa shape index (κ1) is 22.1. The molecule has 2 aliphatic heterocycles. The van der Waals surface area contributed by atoms with Crippen LogP contribution in [-0.2, 0) is 11.8 Å². The maximum absolute atomic E-state index is 6.31. The molecule has 1 aromatic carbocycles. The van der Waals surface area contributed by atoms with Crippen molar-refractivity contribution in [1.29, 1.82) is 0 Å². The number of rotatable bonds is 6. The van der Waals surface area contributed by atoms with Crippen molar-refractivity contribution in [2.45, 2.75) is 31.9 Å². The molecule has 1 N–H and O–H groups in total. The SMILES string of the molecule is CCNC(=NCC(c1cccc(Cl)c1)N1CCCC1)N1CCOC(c2cnn(C)c2)C1. The summed E-state index contributed by atoms with van der Waals surface area (Å²) in [7, 11) is 1.93. The molecule has 2 atom stereocenters. The van der Waals surface area contributed by atoms with Crippen LogP contribution in [0, 0.1) is 0 Å². The number of halogens is 1. The number of guanidine groups is 1. The van der Waals surface area contributed by atoms with E-state index in [0.717, 1.165) is 49.3 Å². The van der Waals surface area contributed by atoms with E-state index in [0.29, 0.717) is 13.2 Å². The molecule has 2 saturated heterocycles. The van der Waals surface area contributed by atoms with Crippen molar-refractivity contribution in [1.82, 2.24) is 24.9 Å². The van der Waals surface area contributed by atoms with Crippen molar-refractivity contribution < 1.29 is 4.74 Å². The van der Waals surface area contributed by atoms with Crippen molar-refractivity contribution in [3.8, 4) is 0 Å². The van der Waals surface area contributed by atoms with E-state index in [1.165, 1.54) is 18.4 Å². The Morgan fingerprint density at radius 3 is 2.87 bits per heavy atom. The van der Waals surface area contributed by atoms with Crippen LogP contribution in [-0.4, -0.2) is 71.4 Å². The zero-order valence-electron chi connectivity index (χ0n) is 18.5. The summed E-state index contributed by atoms with van der Waals surface area (Å²) in [6, 6.07) is 8.47. The molecular formula is C23H33ClN6O. The van der Waals surface area contributed by atoms with Crippen LogP contribution in [0.1, 0.15) is 43.0 Å². The van der Waals surface area contributed by atoms with Gasteiger partial charge in [0, 0.05) is 36.9 Å². The van der Waals surface area contributed by atoms with E-state index in [9.17, 15) is 0 Å². The zero-order valence-corrected chi connectivity index (χ0v) is 19.3. The molecule has 0 bridgehead atoms. The second-order valence-electron chi connectivity index (χ2n) is 8.26. The number of ether oxygens (including phenoxy) is 1. The predicted octanol–water partition coefficient (Wildman–Crippen LogP) is 3.25. The minimum absolute atomic E-state index is 0.00798. The fraction of sp³-hybridized carbons (Fsp3) is 0.565. The maximum atomic E-state index is 6.31. The Labute approximate surface area is 190 Å². The van der Waals surface area contributed by atoms with E-state index < -0.39 is 0 Å². The molecule has 31 heavy (non-hydrogen) atoms. The highest BCUT2D eigenvalue weighted by molar-refractivity contribution is 6.30. The Hall–Kier alpha value is -2.09. The average Bonchev–Trinajstić information content (AvgIpc) is 3.46. The second-order valence-corrected chi connectivity index (χ2v) is 8.70. The first-order valence-electron chi connectivity index (χ1n) is 11.3. The zero-order chi connectivity index (χ0) is 21.6. The topological polar surface area (TPSA) is 57.9 Å². The third-order valence-corrected chi connectivity index (χ3v) is 6.26. The molecule has 1 aromatic heterocycles. The summed E-state index contributed by atoms with van der Waals surface area (Å²) in [6.45, 7) is 8.15. The molecule has 0 radical (unpaired) electrons. The highest BCUT2D eigenvalue weighted by Crippen LogP contribution is 2.28. The fourth-order valence-electron chi connectivity index (χ4n) is 4.45. The van der Waals surface area contributed by atoms with Gasteiger partial charge in [0.1, 0.15) is 6.10 Å². The first-order valence-corrected chi connectivity index (χ1v) is 11.6. The summed E-state index contributed by atoms with van der Waals surface area (Å²) in [6.07, 6.45) is 6.42. The molecule has 2 aromatic rings. The van der Waals surface area contributed by atoms with Crippen LogP contribution >= 0.6 is 11.6 Å². The summed E-state index contributed by atoms with van der Waals surface area (Å²) in [4.78, 5) is 9.94. The minimum atomic E-state index is 0.00798. The van der Waals surface area contributed by atoms with Crippen molar-refractivity contribution in [2.75, 3.05) is 45.9 Å². The molecular weight excluding hydrogens is 412 g/mol. The van der Waals surface area contributed by atoms with Gasteiger partial charge in [0.2, 0.25) is 0 Å². The highest BCUT2D eigenvalue weighted by Gasteiger charge is 2.27. The molecule has 3 heterocycles. The number of hydrogen-bond donors (Lipinski definition) is 1. The second kappa shape index (κ2) is 10.5. The van der Waals surface area contributed by atoms with E-state index in [-0.39, 0.29) is 12.1 Å². The molecule has 0 amide bonds. The lowest BCUT2D eigenvalue weighted by atomic mass is 10.1. The van der Waals surface area contributed by atoms with Gasteiger partial charge < -0.3 is 15.0 Å². The Balaban J connectivity index is 1.52. The number of aryl methyl sites for hydroxylation is 1. The largest absolute Gasteiger partial charge is 0.370 e. The molecule has 0 aliphatic carbocycles. The third kappa shape index (κ3) is 5.59. The lowest BCUT2D eigenvalue weighted by Crippen LogP contribution is -2.48. The van der Waals surface area contributed by atoms with Gasteiger partial charge in [-0.3, -0.25) is 14.6 Å². The van der Waals surface area contributed by atoms with Gasteiger partial charge in [0.05, 0.1) is 31.9 Å². The molecule has 4 rings (SSSR count). The summed E-state index contributed by atoms with van der Waals surface area (Å²) >= 11 is 6.31. The predicted molar refractivity (Wildman–Crippen MR) is 124 cm³/mol. The first-order chi connectivity index (χ1) is 15.1. The summed E-state index contributed by atoms with van der Waals surface area (Å²) < 4.78 is 7.85. The minimum Gasteiger partial charge on any atom is -0.370 e. The number of nitrogens with one attached hydrogen (secondary N) is 1. The summed E-state index contributed by atoms with van der Waals surface area (Å²) in [5.74, 6) is 0.950. The van der Waals surface area contributed by atoms with Crippen LogP contribution in [0.25, 0.3) is 0 Å². The quantitative estimate of drug-likeness (QED) is 0.547. The Kier molecular flexibility index (Phi) is 7.48. The number of nitrogens with zero attached hydrogens (tertiary/aromatic N) is 5. The van der Waals surface area contributed by atoms with Gasteiger partial charge >= 0.3 is 0 Å². The average molecular weight is 445 g/mol. The Morgan fingerprint density at radius 2 is 2.16 bits per heavy atom. The van der Waals surface area contributed by atoms with Gasteiger partial charge in [-0.05, 0) is 50.6 Å². The van der Waals surface area contributed by atoms with Gasteiger partial charge in [-0.2, -0.15) is 5.10 Å². The van der Waals surface area contributed by atoms with Crippen LogP contribution < -0.4 is 5.32 Å². The van der Waals surface area contributed by atoms with E-state index in [4.69, 9.17) is 21.3 Å². The molecule has 8 heteroatoms. The molecule has 2 fully saturated rings. The van der Waals surface area contributed by atoms with E-state index in [2.05, 4.69) is 39.3 Å². The van der Waals surface area contributed by atoms with Crippen molar-refractivity contribution in [2.24, 2.45) is 12.0 Å². The monoisotopic (exact) mass is 444 g/mol. The fourth-order valence-corrected chi connectivity index (χ4v) is 4.65. The van der Waals surface area contributed by atoms with Crippen LogP contribution in [0.3, 0.4) is 0 Å². The van der Waals surface area contributed by atoms with Crippen molar-refractivity contribution in [3.05, 3.63) is 52.8 Å². The Morgan fingerprint density at radius 1 is 1.32 bits per heavy atom. The van der Waals surface area contributed by atoms with Crippen LogP contribution in [0.15, 0.2) is 41.7 Å². The maximum Gasteiger partial charge on any atom is 0.194 e. The lowest BCUT2D eigenvalue weighted by molar-refractivity contribution is -0.00808. The summed E-state index contributed by atoms with van der Waals surface area (Å²) in [5, 5.41) is 8.57. The Bertz CT molecular complexity index is 878. The number of aliphatic imine (C=N–C) groups is 1. The van der Waals surface area contributed by atoms with E-state index in [1.54, 1.807) is 0 Å². The molecule has 168 valence electrons. The number of aromatic nitrogens is 2. The summed E-state index contributed by atoms with van der Waals surface area (Å²) in [5.41, 5.74) is 2.35. The van der Waals surface area contributed by atoms with Crippen molar-refractivity contribution in [3.63, 3.8) is 0 Å². The van der Waals surface area contributed by atoms with Gasteiger partial charge in [-0.25, -0.2) is 0 Å². The van der Waals surface area contributed by atoms with Crippen molar-refractivity contribution >= 4 is 17.6 Å². The van der Waals surface area contributed by atoms with Gasteiger partial charge in [-0.1, -0.05) is 23.7 Å². The number of hydrogen-bond acceptors (Lipinski definition) is 4. The normalized spacial score (nSPS) is 21.5. The standard InChI is InChI=1S/C23H33ClN6O/c1-3-25-23(30-11-12-31-22(17-30)19-14-27-28(2)16-19)26-15-21(29-9-4-5-10-29)18-7-6-8-20(24)13-18/h6-8,13-14,16,21-22H,3-5,9-12,15,17H2,1-2H3,(H,25,26). The van der Waals surface area contributed by atoms with Crippen LogP contribution in [0.2, 0.25) is 5.02 Å². The smallest absolute Gasteiger partial charge is 0.194 e. The molecule has 7 nitrogen and oxygen atoms in total. The van der Waals surface area contributed by atoms with E-state index in [1.807, 2.05) is 36.3 Å². The molecule has 0 spiro atoms. The van der Waals surface area contributed by atoms with Gasteiger partial charge in [0.15, 0.2) is 5.96 Å². The lowest BCUT2D eigenvalue weighted by Gasteiger charge is -2.35. The van der Waals surface area contributed by atoms with E-state index >= 15 is 0 Å². The highest BCUT2D eigenvalue weighted by atomic mass is 35.5. The molecule has 2 unspecified atom stereocenters. The number of benzene rings is 1. The van der Waals surface area contributed by atoms with Crippen LogP contribution in [0.5, 0.6) is 0 Å². The van der Waals surface area contributed by atoms with Crippen LogP contribution in [0.4, 0.5) is 0 Å². The number of likely N-dealkylation sites (tertiary alicyclic amines) is 1. The third-order valence-electron chi connectivity index (χ3n) is 6.03. The molecule has 2 aliphatic rings. The number of morpholine rings is 1. The van der Waals surface area contributed by atoms with Gasteiger partial charge in [0.25, 0.3) is 0 Å². The molecule has 0 saturated carbocycles.